The van der Waals surface area contributed by atoms with E-state index >= 15 is 0 Å². The van der Waals surface area contributed by atoms with Gasteiger partial charge in [-0.25, -0.2) is 4.98 Å². The van der Waals surface area contributed by atoms with E-state index < -0.39 is 0 Å². The third kappa shape index (κ3) is 1.61. The van der Waals surface area contributed by atoms with Crippen LogP contribution >= 0.6 is 0 Å². The summed E-state index contributed by atoms with van der Waals surface area (Å²) in [6.07, 6.45) is 0. The molecule has 0 bridgehead atoms. The summed E-state index contributed by atoms with van der Waals surface area (Å²) in [7, 11) is 0. The van der Waals surface area contributed by atoms with Gasteiger partial charge in [-0.2, -0.15) is 4.98 Å². The molecule has 0 radical (unpaired) electrons. The van der Waals surface area contributed by atoms with Crippen molar-refractivity contribution in [1.29, 1.82) is 0 Å². The molecule has 2 aromatic heterocycles. The molecule has 3 aromatic rings. The standard InChI is InChI=1S/C12H9N3O2/c1-7-13-10(16)9-12(14-7)17-11(15-9)8-5-3-2-4-6-8/h2-6H,1H3,(H,13,14,16). The van der Waals surface area contributed by atoms with E-state index in [9.17, 15) is 4.79 Å². The van der Waals surface area contributed by atoms with Gasteiger partial charge in [-0.05, 0) is 19.1 Å². The van der Waals surface area contributed by atoms with Gasteiger partial charge in [0.2, 0.25) is 5.89 Å². The molecule has 1 N–H and O–H groups in total. The lowest BCUT2D eigenvalue weighted by Gasteiger charge is -1.91. The average Bonchev–Trinajstić information content (AvgIpc) is 2.74. The van der Waals surface area contributed by atoms with E-state index in [1.54, 1.807) is 6.92 Å². The number of aromatic nitrogens is 3. The minimum atomic E-state index is -0.279. The number of oxazole rings is 1. The lowest BCUT2D eigenvalue weighted by Crippen LogP contribution is -2.09. The summed E-state index contributed by atoms with van der Waals surface area (Å²) in [6.45, 7) is 1.70. The lowest BCUT2D eigenvalue weighted by molar-refractivity contribution is 0.605. The Morgan fingerprint density at radius 2 is 1.94 bits per heavy atom. The Kier molecular flexibility index (Phi) is 2.04. The summed E-state index contributed by atoms with van der Waals surface area (Å²) in [5.41, 5.74) is 1.04. The fourth-order valence-electron chi connectivity index (χ4n) is 1.64. The number of hydrogen-bond donors (Lipinski definition) is 1. The Morgan fingerprint density at radius 3 is 2.71 bits per heavy atom. The van der Waals surface area contributed by atoms with Crippen LogP contribution < -0.4 is 5.56 Å². The maximum Gasteiger partial charge on any atom is 0.280 e. The molecule has 0 spiro atoms. The van der Waals surface area contributed by atoms with Crippen LogP contribution in [0.4, 0.5) is 0 Å². The molecule has 2 heterocycles. The van der Waals surface area contributed by atoms with E-state index in [0.717, 1.165) is 5.56 Å². The molecule has 5 nitrogen and oxygen atoms in total. The van der Waals surface area contributed by atoms with E-state index in [1.807, 2.05) is 30.3 Å². The van der Waals surface area contributed by atoms with E-state index in [2.05, 4.69) is 15.0 Å². The SMILES string of the molecule is Cc1nc2oc(-c3ccccc3)nc2c(=O)[nH]1. The third-order valence-electron chi connectivity index (χ3n) is 2.41. The molecule has 0 saturated heterocycles. The molecular formula is C12H9N3O2. The molecule has 5 heteroatoms. The van der Waals surface area contributed by atoms with Gasteiger partial charge >= 0.3 is 0 Å². The van der Waals surface area contributed by atoms with Crippen molar-refractivity contribution in [3.8, 4) is 11.5 Å². The zero-order valence-electron chi connectivity index (χ0n) is 9.10. The smallest absolute Gasteiger partial charge is 0.280 e. The molecule has 0 aliphatic carbocycles. The fourth-order valence-corrected chi connectivity index (χ4v) is 1.64. The van der Waals surface area contributed by atoms with Crippen molar-refractivity contribution in [3.63, 3.8) is 0 Å². The molecule has 0 aliphatic rings. The number of aromatic amines is 1. The second-order valence-electron chi connectivity index (χ2n) is 3.69. The van der Waals surface area contributed by atoms with E-state index in [1.165, 1.54) is 0 Å². The quantitative estimate of drug-likeness (QED) is 0.689. The Labute approximate surface area is 96.1 Å². The predicted octanol–water partition coefficient (Wildman–Crippen LogP) is 1.89. The molecule has 0 saturated carbocycles. The van der Waals surface area contributed by atoms with Gasteiger partial charge in [0.1, 0.15) is 5.82 Å². The second kappa shape index (κ2) is 3.55. The van der Waals surface area contributed by atoms with Crippen molar-refractivity contribution in [2.24, 2.45) is 0 Å². The lowest BCUT2D eigenvalue weighted by atomic mass is 10.2. The molecule has 0 atom stereocenters. The zero-order chi connectivity index (χ0) is 11.8. The monoisotopic (exact) mass is 227 g/mol. The van der Waals surface area contributed by atoms with Gasteiger partial charge in [-0.1, -0.05) is 18.2 Å². The number of nitrogens with one attached hydrogen (secondary N) is 1. The molecule has 3 rings (SSSR count). The molecule has 0 fully saturated rings. The molecule has 1 aromatic carbocycles. The summed E-state index contributed by atoms with van der Waals surface area (Å²) >= 11 is 0. The highest BCUT2D eigenvalue weighted by molar-refractivity contribution is 5.71. The molecule has 17 heavy (non-hydrogen) atoms. The highest BCUT2D eigenvalue weighted by atomic mass is 16.4. The van der Waals surface area contributed by atoms with Crippen LogP contribution in [-0.4, -0.2) is 15.0 Å². The van der Waals surface area contributed by atoms with Crippen molar-refractivity contribution in [2.75, 3.05) is 0 Å². The van der Waals surface area contributed by atoms with E-state index in [-0.39, 0.29) is 16.8 Å². The van der Waals surface area contributed by atoms with Gasteiger partial charge in [0.25, 0.3) is 11.3 Å². The van der Waals surface area contributed by atoms with Crippen LogP contribution in [-0.2, 0) is 0 Å². The molecular weight excluding hydrogens is 218 g/mol. The van der Waals surface area contributed by atoms with Crippen molar-refractivity contribution < 1.29 is 4.42 Å². The Morgan fingerprint density at radius 1 is 1.18 bits per heavy atom. The first-order valence-electron chi connectivity index (χ1n) is 5.17. The first-order valence-corrected chi connectivity index (χ1v) is 5.17. The van der Waals surface area contributed by atoms with Crippen LogP contribution in [0.1, 0.15) is 5.82 Å². The Bertz CT molecular complexity index is 728. The fraction of sp³-hybridized carbons (Fsp3) is 0.0833. The maximum absolute atomic E-state index is 11.6. The summed E-state index contributed by atoms with van der Waals surface area (Å²) in [5, 5.41) is 0. The minimum Gasteiger partial charge on any atom is -0.417 e. The summed E-state index contributed by atoms with van der Waals surface area (Å²) in [5.74, 6) is 0.919. The van der Waals surface area contributed by atoms with Crippen LogP contribution in [0.25, 0.3) is 22.7 Å². The topological polar surface area (TPSA) is 71.8 Å². The van der Waals surface area contributed by atoms with Crippen LogP contribution in [0.15, 0.2) is 39.5 Å². The zero-order valence-corrected chi connectivity index (χ0v) is 9.10. The van der Waals surface area contributed by atoms with Gasteiger partial charge in [0.05, 0.1) is 0 Å². The number of H-pyrrole nitrogens is 1. The first kappa shape index (κ1) is 9.77. The predicted molar refractivity (Wildman–Crippen MR) is 62.6 cm³/mol. The van der Waals surface area contributed by atoms with Gasteiger partial charge in [0, 0.05) is 5.56 Å². The van der Waals surface area contributed by atoms with Crippen molar-refractivity contribution in [2.45, 2.75) is 6.92 Å². The van der Waals surface area contributed by atoms with Crippen LogP contribution in [0.5, 0.6) is 0 Å². The van der Waals surface area contributed by atoms with Gasteiger partial charge in [-0.3, -0.25) is 4.79 Å². The molecule has 0 aliphatic heterocycles. The summed E-state index contributed by atoms with van der Waals surface area (Å²) < 4.78 is 5.47. The summed E-state index contributed by atoms with van der Waals surface area (Å²) in [4.78, 5) is 22.5. The molecule has 0 unspecified atom stereocenters. The van der Waals surface area contributed by atoms with Gasteiger partial charge in [0.15, 0.2) is 5.52 Å². The van der Waals surface area contributed by atoms with Gasteiger partial charge in [-0.15, -0.1) is 0 Å². The average molecular weight is 227 g/mol. The number of aryl methyl sites for hydroxylation is 1. The number of rotatable bonds is 1. The first-order chi connectivity index (χ1) is 8.24. The van der Waals surface area contributed by atoms with Crippen LogP contribution in [0.3, 0.4) is 0 Å². The maximum atomic E-state index is 11.6. The number of nitrogens with zero attached hydrogens (tertiary/aromatic N) is 2. The number of benzene rings is 1. The Hall–Kier alpha value is -2.43. The van der Waals surface area contributed by atoms with Crippen molar-refractivity contribution >= 4 is 11.2 Å². The Balaban J connectivity index is 2.28. The second-order valence-corrected chi connectivity index (χ2v) is 3.69. The van der Waals surface area contributed by atoms with Crippen molar-refractivity contribution in [3.05, 3.63) is 46.5 Å². The van der Waals surface area contributed by atoms with Crippen LogP contribution in [0.2, 0.25) is 0 Å². The number of fused-ring (bicyclic) bond motifs is 1. The van der Waals surface area contributed by atoms with Crippen LogP contribution in [0, 0.1) is 6.92 Å². The van der Waals surface area contributed by atoms with Gasteiger partial charge < -0.3 is 9.40 Å². The minimum absolute atomic E-state index is 0.231. The highest BCUT2D eigenvalue weighted by Crippen LogP contribution is 2.20. The van der Waals surface area contributed by atoms with E-state index in [0.29, 0.717) is 11.7 Å². The molecule has 0 amide bonds. The largest absolute Gasteiger partial charge is 0.417 e. The highest BCUT2D eigenvalue weighted by Gasteiger charge is 2.12. The summed E-state index contributed by atoms with van der Waals surface area (Å²) in [6, 6.07) is 9.40. The van der Waals surface area contributed by atoms with E-state index in [4.69, 9.17) is 4.42 Å². The number of hydrogen-bond acceptors (Lipinski definition) is 4. The molecule has 84 valence electrons. The third-order valence-corrected chi connectivity index (χ3v) is 2.41. The van der Waals surface area contributed by atoms with Crippen molar-refractivity contribution in [1.82, 2.24) is 15.0 Å². The normalized spacial score (nSPS) is 10.9.